The molecule has 0 saturated heterocycles. The molecule has 0 aliphatic carbocycles. The highest BCUT2D eigenvalue weighted by molar-refractivity contribution is 6.23. The van der Waals surface area contributed by atoms with Gasteiger partial charge in [0.25, 0.3) is 0 Å². The predicted molar refractivity (Wildman–Crippen MR) is 236 cm³/mol. The highest BCUT2D eigenvalue weighted by Gasteiger charge is 2.21. The molecule has 0 radical (unpaired) electrons. The van der Waals surface area contributed by atoms with Crippen molar-refractivity contribution < 1.29 is 4.42 Å². The molecule has 1 unspecified atom stereocenters. The van der Waals surface area contributed by atoms with Crippen LogP contribution in [0.3, 0.4) is 0 Å². The zero-order chi connectivity index (χ0) is 38.9. The SMILES string of the molecule is Cc1ccccc1.NN.Nc1ccc2c(c1-c1cccc3oc4ccccc4c13)c1ccccc1n2-c1ccc(C(N)c2ccccc2)cc1.c1ccccc1. The molecule has 10 rings (SSSR count). The Morgan fingerprint density at radius 1 is 0.464 bits per heavy atom. The number of para-hydroxylation sites is 2. The van der Waals surface area contributed by atoms with Crippen LogP contribution in [0.2, 0.25) is 0 Å². The van der Waals surface area contributed by atoms with E-state index in [4.69, 9.17) is 15.9 Å². The fourth-order valence-electron chi connectivity index (χ4n) is 7.23. The van der Waals surface area contributed by atoms with Gasteiger partial charge in [0.2, 0.25) is 0 Å². The predicted octanol–water partition coefficient (Wildman–Crippen LogP) is 11.5. The van der Waals surface area contributed by atoms with Gasteiger partial charge in [-0.3, -0.25) is 11.7 Å². The van der Waals surface area contributed by atoms with E-state index in [0.29, 0.717) is 0 Å². The van der Waals surface area contributed by atoms with Gasteiger partial charge in [-0.2, -0.15) is 0 Å². The van der Waals surface area contributed by atoms with Crippen molar-refractivity contribution in [2.75, 3.05) is 5.73 Å². The minimum atomic E-state index is -0.180. The Bertz CT molecular complexity index is 2770. The van der Waals surface area contributed by atoms with Crippen LogP contribution in [-0.4, -0.2) is 4.57 Å². The summed E-state index contributed by atoms with van der Waals surface area (Å²) in [4.78, 5) is 0. The van der Waals surface area contributed by atoms with Gasteiger partial charge in [-0.1, -0.05) is 163 Å². The molecule has 0 spiro atoms. The summed E-state index contributed by atoms with van der Waals surface area (Å²) in [5.74, 6) is 8.00. The van der Waals surface area contributed by atoms with E-state index in [9.17, 15) is 0 Å². The summed E-state index contributed by atoms with van der Waals surface area (Å²) in [6, 6.07) is 68.0. The van der Waals surface area contributed by atoms with Crippen molar-refractivity contribution in [2.45, 2.75) is 13.0 Å². The number of nitrogens with zero attached hydrogens (tertiary/aromatic N) is 1. The zero-order valence-electron chi connectivity index (χ0n) is 31.3. The molecule has 6 nitrogen and oxygen atoms in total. The van der Waals surface area contributed by atoms with Gasteiger partial charge in [0.1, 0.15) is 11.2 Å². The molecule has 0 bridgehead atoms. The third-order valence-corrected chi connectivity index (χ3v) is 9.82. The summed E-state index contributed by atoms with van der Waals surface area (Å²) in [6.07, 6.45) is 0. The summed E-state index contributed by atoms with van der Waals surface area (Å²) in [6.45, 7) is 2.08. The number of nitrogen functional groups attached to an aromatic ring is 1. The Labute approximate surface area is 327 Å². The number of furan rings is 1. The number of aryl methyl sites for hydroxylation is 1. The second-order valence-electron chi connectivity index (χ2n) is 13.3. The first-order valence-electron chi connectivity index (χ1n) is 18.6. The van der Waals surface area contributed by atoms with Crippen molar-refractivity contribution in [3.05, 3.63) is 217 Å². The molecular formula is C50H45N5O. The first-order chi connectivity index (χ1) is 27.6. The maximum Gasteiger partial charge on any atom is 0.136 e. The van der Waals surface area contributed by atoms with Crippen LogP contribution in [0.1, 0.15) is 22.7 Å². The van der Waals surface area contributed by atoms with Gasteiger partial charge in [-0.25, -0.2) is 0 Å². The van der Waals surface area contributed by atoms with Crippen molar-refractivity contribution in [2.24, 2.45) is 17.4 Å². The van der Waals surface area contributed by atoms with Crippen LogP contribution in [-0.2, 0) is 0 Å². The molecule has 0 aliphatic heterocycles. The standard InChI is InChI=1S/C37H27N3O.C7H8.C6H6.H4N2/c38-29-21-22-31-36(35(29)28-13-8-16-33-34(28)27-12-5-7-15-32(27)41-33)26-11-4-6-14-30(26)40(31)25-19-17-24(18-20-25)37(39)23-9-2-1-3-10-23;1-7-5-3-2-4-6-7;1-2-4-6-5-3-1;1-2/h1-22,37H,38-39H2;2-6H,1H3;1-6H;1-2H2. The van der Waals surface area contributed by atoms with Gasteiger partial charge in [-0.05, 0) is 66.1 Å². The minimum Gasteiger partial charge on any atom is -0.456 e. The Morgan fingerprint density at radius 3 is 1.64 bits per heavy atom. The average molecular weight is 732 g/mol. The quantitative estimate of drug-likeness (QED) is 0.0815. The van der Waals surface area contributed by atoms with Crippen molar-refractivity contribution >= 4 is 49.4 Å². The monoisotopic (exact) mass is 731 g/mol. The smallest absolute Gasteiger partial charge is 0.136 e. The van der Waals surface area contributed by atoms with E-state index in [2.05, 4.69) is 120 Å². The maximum absolute atomic E-state index is 6.82. The fraction of sp³-hybridized carbons (Fsp3) is 0.0400. The molecule has 2 aromatic heterocycles. The topological polar surface area (TPSA) is 122 Å². The first kappa shape index (κ1) is 37.4. The van der Waals surface area contributed by atoms with Crippen molar-refractivity contribution in [3.63, 3.8) is 0 Å². The van der Waals surface area contributed by atoms with E-state index < -0.39 is 0 Å². The van der Waals surface area contributed by atoms with Crippen LogP contribution in [0, 0.1) is 6.92 Å². The Kier molecular flexibility index (Phi) is 11.6. The third kappa shape index (κ3) is 7.67. The van der Waals surface area contributed by atoms with Crippen molar-refractivity contribution in [1.29, 1.82) is 0 Å². The molecule has 0 saturated carbocycles. The highest BCUT2D eigenvalue weighted by atomic mass is 16.3. The fourth-order valence-corrected chi connectivity index (χ4v) is 7.23. The molecule has 10 aromatic rings. The number of benzene rings is 8. The van der Waals surface area contributed by atoms with Crippen LogP contribution < -0.4 is 23.2 Å². The molecule has 8 aromatic carbocycles. The zero-order valence-corrected chi connectivity index (χ0v) is 31.3. The Morgan fingerprint density at radius 2 is 1.00 bits per heavy atom. The van der Waals surface area contributed by atoms with Gasteiger partial charge in [0.05, 0.1) is 17.1 Å². The summed E-state index contributed by atoms with van der Waals surface area (Å²) in [5, 5.41) is 4.45. The van der Waals surface area contributed by atoms with Gasteiger partial charge in [0.15, 0.2) is 0 Å². The van der Waals surface area contributed by atoms with Crippen LogP contribution in [0.25, 0.3) is 60.6 Å². The van der Waals surface area contributed by atoms with Crippen LogP contribution in [0.15, 0.2) is 205 Å². The molecule has 276 valence electrons. The third-order valence-electron chi connectivity index (χ3n) is 9.82. The number of nitrogens with two attached hydrogens (primary N) is 4. The number of hydrogen-bond donors (Lipinski definition) is 4. The van der Waals surface area contributed by atoms with E-state index in [0.717, 1.165) is 77.4 Å². The van der Waals surface area contributed by atoms with Crippen molar-refractivity contribution in [3.8, 4) is 16.8 Å². The second-order valence-corrected chi connectivity index (χ2v) is 13.3. The Hall–Kier alpha value is -6.96. The Balaban J connectivity index is 0.000000270. The molecule has 0 amide bonds. The lowest BCUT2D eigenvalue weighted by Crippen LogP contribution is -2.11. The molecule has 56 heavy (non-hydrogen) atoms. The van der Waals surface area contributed by atoms with E-state index >= 15 is 0 Å². The number of rotatable bonds is 4. The second kappa shape index (κ2) is 17.5. The molecule has 1 atom stereocenters. The molecule has 0 fully saturated rings. The number of fused-ring (bicyclic) bond motifs is 6. The normalized spacial score (nSPS) is 11.2. The van der Waals surface area contributed by atoms with Crippen LogP contribution >= 0.6 is 0 Å². The lowest BCUT2D eigenvalue weighted by atomic mass is 9.94. The van der Waals surface area contributed by atoms with E-state index in [-0.39, 0.29) is 6.04 Å². The highest BCUT2D eigenvalue weighted by Crippen LogP contribution is 2.45. The molecule has 8 N–H and O–H groups in total. The minimum absolute atomic E-state index is 0.180. The molecule has 6 heteroatoms. The number of hydrogen-bond acceptors (Lipinski definition) is 5. The van der Waals surface area contributed by atoms with Crippen LogP contribution in [0.5, 0.6) is 0 Å². The maximum atomic E-state index is 6.82. The number of aromatic nitrogens is 1. The summed E-state index contributed by atoms with van der Waals surface area (Å²) >= 11 is 0. The molecular weight excluding hydrogens is 687 g/mol. The number of hydrazine groups is 1. The molecule has 2 heterocycles. The summed E-state index contributed by atoms with van der Waals surface area (Å²) in [5.41, 5.74) is 24.8. The van der Waals surface area contributed by atoms with Gasteiger partial charge in [-0.15, -0.1) is 0 Å². The van der Waals surface area contributed by atoms with Crippen molar-refractivity contribution in [1.82, 2.24) is 4.57 Å². The van der Waals surface area contributed by atoms with E-state index in [1.165, 1.54) is 5.56 Å². The lowest BCUT2D eigenvalue weighted by Gasteiger charge is -2.15. The molecule has 0 aliphatic rings. The van der Waals surface area contributed by atoms with Crippen LogP contribution in [0.4, 0.5) is 5.69 Å². The summed E-state index contributed by atoms with van der Waals surface area (Å²) in [7, 11) is 0. The van der Waals surface area contributed by atoms with E-state index in [1.807, 2.05) is 103 Å². The lowest BCUT2D eigenvalue weighted by molar-refractivity contribution is 0.669. The van der Waals surface area contributed by atoms with Gasteiger partial charge >= 0.3 is 0 Å². The average Bonchev–Trinajstić information content (AvgIpc) is 3.82. The van der Waals surface area contributed by atoms with E-state index in [1.54, 1.807) is 0 Å². The largest absolute Gasteiger partial charge is 0.456 e. The van der Waals surface area contributed by atoms with Gasteiger partial charge in [0, 0.05) is 38.5 Å². The van der Waals surface area contributed by atoms with Gasteiger partial charge < -0.3 is 20.5 Å². The summed E-state index contributed by atoms with van der Waals surface area (Å²) < 4.78 is 8.55. The first-order valence-corrected chi connectivity index (χ1v) is 18.6. The number of anilines is 1.